The number of methoxy groups -OCH3 is 1. The minimum Gasteiger partial charge on any atom is -0.496 e. The van der Waals surface area contributed by atoms with Gasteiger partial charge in [-0.15, -0.1) is 0 Å². The van der Waals surface area contributed by atoms with Crippen LogP contribution in [-0.2, 0) is 0 Å². The van der Waals surface area contributed by atoms with E-state index in [9.17, 15) is 9.18 Å². The lowest BCUT2D eigenvalue weighted by Crippen LogP contribution is -2.34. The zero-order chi connectivity index (χ0) is 14.3. The number of hydrogen-bond acceptors (Lipinski definition) is 3. The summed E-state index contributed by atoms with van der Waals surface area (Å²) in [6.45, 7) is 1.30. The maximum atomic E-state index is 14.0. The third-order valence-electron chi connectivity index (χ3n) is 4.61. The van der Waals surface area contributed by atoms with Crippen LogP contribution in [0.25, 0.3) is 0 Å². The van der Waals surface area contributed by atoms with Crippen molar-refractivity contribution in [2.75, 3.05) is 20.2 Å². The minimum atomic E-state index is -0.532. The molecule has 1 aliphatic heterocycles. The number of benzene rings is 1. The smallest absolute Gasteiger partial charge is 0.260 e. The quantitative estimate of drug-likeness (QED) is 0.895. The van der Waals surface area contributed by atoms with E-state index in [1.165, 1.54) is 13.2 Å². The molecule has 1 aromatic rings. The highest BCUT2D eigenvalue weighted by Gasteiger charge is 2.43. The van der Waals surface area contributed by atoms with Crippen molar-refractivity contribution in [3.05, 3.63) is 29.6 Å². The van der Waals surface area contributed by atoms with Crippen molar-refractivity contribution in [3.63, 3.8) is 0 Å². The summed E-state index contributed by atoms with van der Waals surface area (Å²) in [5.74, 6) is 0.289. The van der Waals surface area contributed by atoms with Gasteiger partial charge in [0, 0.05) is 19.1 Å². The number of ether oxygens (including phenoxy) is 1. The summed E-state index contributed by atoms with van der Waals surface area (Å²) in [4.78, 5) is 14.3. The Kier molecular flexibility index (Phi) is 3.38. The molecule has 3 unspecified atom stereocenters. The lowest BCUT2D eigenvalue weighted by molar-refractivity contribution is 0.0771. The molecule has 5 heteroatoms. The van der Waals surface area contributed by atoms with E-state index in [1.807, 2.05) is 0 Å². The molecule has 20 heavy (non-hydrogen) atoms. The van der Waals surface area contributed by atoms with E-state index >= 15 is 0 Å². The van der Waals surface area contributed by atoms with Gasteiger partial charge in [-0.2, -0.15) is 0 Å². The fraction of sp³-hybridized carbons (Fsp3) is 0.533. The van der Waals surface area contributed by atoms with Crippen LogP contribution in [0.1, 0.15) is 23.2 Å². The first-order valence-corrected chi connectivity index (χ1v) is 6.99. The molecule has 1 saturated heterocycles. The number of nitrogens with two attached hydrogens (primary N) is 1. The first-order chi connectivity index (χ1) is 9.61. The number of fused-ring (bicyclic) bond motifs is 1. The van der Waals surface area contributed by atoms with E-state index in [-0.39, 0.29) is 23.3 Å². The Hall–Kier alpha value is -1.62. The maximum Gasteiger partial charge on any atom is 0.260 e. The van der Waals surface area contributed by atoms with Gasteiger partial charge in [-0.1, -0.05) is 6.07 Å². The number of likely N-dealkylation sites (tertiary alicyclic amines) is 1. The Morgan fingerprint density at radius 1 is 1.40 bits per heavy atom. The average molecular weight is 278 g/mol. The molecule has 0 bridgehead atoms. The fourth-order valence-electron chi connectivity index (χ4n) is 3.51. The third kappa shape index (κ3) is 2.06. The second-order valence-electron chi connectivity index (χ2n) is 5.69. The van der Waals surface area contributed by atoms with E-state index in [0.29, 0.717) is 24.9 Å². The van der Waals surface area contributed by atoms with Crippen molar-refractivity contribution < 1.29 is 13.9 Å². The predicted octanol–water partition coefficient (Wildman–Crippen LogP) is 1.64. The van der Waals surface area contributed by atoms with Crippen LogP contribution in [-0.4, -0.2) is 37.0 Å². The van der Waals surface area contributed by atoms with Gasteiger partial charge in [-0.25, -0.2) is 4.39 Å². The van der Waals surface area contributed by atoms with Crippen LogP contribution in [0.4, 0.5) is 4.39 Å². The Morgan fingerprint density at radius 3 is 2.90 bits per heavy atom. The Balaban J connectivity index is 1.84. The third-order valence-corrected chi connectivity index (χ3v) is 4.61. The molecule has 3 atom stereocenters. The molecule has 0 spiro atoms. The first-order valence-electron chi connectivity index (χ1n) is 6.99. The lowest BCUT2D eigenvalue weighted by Gasteiger charge is -2.20. The molecule has 1 saturated carbocycles. The number of nitrogens with zero attached hydrogens (tertiary/aromatic N) is 1. The van der Waals surface area contributed by atoms with Crippen LogP contribution in [0.2, 0.25) is 0 Å². The van der Waals surface area contributed by atoms with Crippen molar-refractivity contribution in [1.29, 1.82) is 0 Å². The molecule has 1 amide bonds. The summed E-state index contributed by atoms with van der Waals surface area (Å²) in [7, 11) is 1.44. The SMILES string of the molecule is COc1cccc(F)c1C(=O)N1CC2CCC(N)C2C1. The molecular weight excluding hydrogens is 259 g/mol. The summed E-state index contributed by atoms with van der Waals surface area (Å²) >= 11 is 0. The summed E-state index contributed by atoms with van der Waals surface area (Å²) < 4.78 is 19.1. The molecule has 2 fully saturated rings. The van der Waals surface area contributed by atoms with Crippen LogP contribution >= 0.6 is 0 Å². The fourth-order valence-corrected chi connectivity index (χ4v) is 3.51. The van der Waals surface area contributed by atoms with Crippen LogP contribution in [0.15, 0.2) is 18.2 Å². The molecule has 0 aromatic heterocycles. The molecular formula is C15H19FN2O2. The van der Waals surface area contributed by atoms with Crippen LogP contribution in [0, 0.1) is 17.7 Å². The van der Waals surface area contributed by atoms with Crippen molar-refractivity contribution in [2.24, 2.45) is 17.6 Å². The summed E-state index contributed by atoms with van der Waals surface area (Å²) in [6, 6.07) is 4.61. The highest BCUT2D eigenvalue weighted by atomic mass is 19.1. The number of rotatable bonds is 2. The van der Waals surface area contributed by atoms with Crippen LogP contribution in [0.5, 0.6) is 5.75 Å². The highest BCUT2D eigenvalue weighted by Crippen LogP contribution is 2.38. The van der Waals surface area contributed by atoms with Gasteiger partial charge in [0.2, 0.25) is 0 Å². The molecule has 108 valence electrons. The van der Waals surface area contributed by atoms with E-state index in [0.717, 1.165) is 12.8 Å². The summed E-state index contributed by atoms with van der Waals surface area (Å²) in [6.07, 6.45) is 2.09. The molecule has 4 nitrogen and oxygen atoms in total. The van der Waals surface area contributed by atoms with Crippen molar-refractivity contribution in [3.8, 4) is 5.75 Å². The molecule has 1 aromatic carbocycles. The zero-order valence-corrected chi connectivity index (χ0v) is 11.5. The predicted molar refractivity (Wildman–Crippen MR) is 73.0 cm³/mol. The van der Waals surface area contributed by atoms with Gasteiger partial charge < -0.3 is 15.4 Å². The molecule has 2 aliphatic rings. The second-order valence-corrected chi connectivity index (χ2v) is 5.69. The molecule has 1 heterocycles. The summed E-state index contributed by atoms with van der Waals surface area (Å²) in [5, 5.41) is 0. The standard InChI is InChI=1S/C15H19FN2O2/c1-20-13-4-2-3-11(16)14(13)15(19)18-7-9-5-6-12(17)10(9)8-18/h2-4,9-10,12H,5-8,17H2,1H3. The Morgan fingerprint density at radius 2 is 2.20 bits per heavy atom. The number of carbonyl (C=O) groups is 1. The van der Waals surface area contributed by atoms with Crippen LogP contribution < -0.4 is 10.5 Å². The van der Waals surface area contributed by atoms with Gasteiger partial charge in [0.1, 0.15) is 17.1 Å². The van der Waals surface area contributed by atoms with Crippen LogP contribution in [0.3, 0.4) is 0 Å². The molecule has 1 aliphatic carbocycles. The molecule has 0 radical (unpaired) electrons. The monoisotopic (exact) mass is 278 g/mol. The van der Waals surface area contributed by atoms with E-state index < -0.39 is 5.82 Å². The van der Waals surface area contributed by atoms with Gasteiger partial charge in [0.15, 0.2) is 0 Å². The van der Waals surface area contributed by atoms with Gasteiger partial charge >= 0.3 is 0 Å². The van der Waals surface area contributed by atoms with Gasteiger partial charge in [0.25, 0.3) is 5.91 Å². The van der Waals surface area contributed by atoms with Gasteiger partial charge in [-0.05, 0) is 36.8 Å². The van der Waals surface area contributed by atoms with Gasteiger partial charge in [-0.3, -0.25) is 4.79 Å². The largest absolute Gasteiger partial charge is 0.496 e. The molecule has 3 rings (SSSR count). The maximum absolute atomic E-state index is 14.0. The first kappa shape index (κ1) is 13.4. The Bertz CT molecular complexity index is 535. The second kappa shape index (κ2) is 5.05. The number of amides is 1. The zero-order valence-electron chi connectivity index (χ0n) is 11.5. The normalized spacial score (nSPS) is 28.6. The van der Waals surface area contributed by atoms with Crippen molar-refractivity contribution in [2.45, 2.75) is 18.9 Å². The number of halogens is 1. The van der Waals surface area contributed by atoms with Crippen molar-refractivity contribution in [1.82, 2.24) is 4.90 Å². The van der Waals surface area contributed by atoms with E-state index in [2.05, 4.69) is 0 Å². The average Bonchev–Trinajstić information content (AvgIpc) is 3.00. The lowest BCUT2D eigenvalue weighted by atomic mass is 9.98. The molecule has 2 N–H and O–H groups in total. The number of hydrogen-bond donors (Lipinski definition) is 1. The minimum absolute atomic E-state index is 0.0311. The topological polar surface area (TPSA) is 55.6 Å². The van der Waals surface area contributed by atoms with E-state index in [4.69, 9.17) is 10.5 Å². The van der Waals surface area contributed by atoms with Crippen molar-refractivity contribution >= 4 is 5.91 Å². The number of carbonyl (C=O) groups excluding carboxylic acids is 1. The Labute approximate surface area is 117 Å². The summed E-state index contributed by atoms with van der Waals surface area (Å²) in [5.41, 5.74) is 6.10. The van der Waals surface area contributed by atoms with E-state index in [1.54, 1.807) is 17.0 Å². The van der Waals surface area contributed by atoms with Gasteiger partial charge in [0.05, 0.1) is 7.11 Å². The highest BCUT2D eigenvalue weighted by molar-refractivity contribution is 5.97.